The third kappa shape index (κ3) is 4.95. The lowest BCUT2D eigenvalue weighted by Crippen LogP contribution is -2.60. The van der Waals surface area contributed by atoms with Gasteiger partial charge < -0.3 is 44.6 Å². The van der Waals surface area contributed by atoms with Gasteiger partial charge in [-0.1, -0.05) is 19.1 Å². The van der Waals surface area contributed by atoms with Crippen molar-refractivity contribution >= 4 is 0 Å². The zero-order valence-electron chi connectivity index (χ0n) is 20.4. The van der Waals surface area contributed by atoms with E-state index >= 15 is 0 Å². The summed E-state index contributed by atoms with van der Waals surface area (Å²) in [4.78, 5) is 12.7. The number of nitrogens with zero attached hydrogens (tertiary/aromatic N) is 1. The molecule has 4 rings (SSSR count). The van der Waals surface area contributed by atoms with Gasteiger partial charge in [0.05, 0.1) is 30.6 Å². The lowest BCUT2D eigenvalue weighted by molar-refractivity contribution is -0.281. The highest BCUT2D eigenvalue weighted by atomic mass is 16.7. The van der Waals surface area contributed by atoms with E-state index in [0.717, 1.165) is 19.0 Å². The fraction of sp³-hybridized carbons (Fsp3) is 0.560. The molecule has 1 aromatic carbocycles. The number of hydrogen-bond donors (Lipinski definition) is 5. The molecule has 11 heteroatoms. The van der Waals surface area contributed by atoms with Crippen molar-refractivity contribution in [2.24, 2.45) is 5.92 Å². The van der Waals surface area contributed by atoms with Crippen LogP contribution in [0.15, 0.2) is 35.3 Å². The minimum Gasteiger partial charge on any atom is -0.507 e. The summed E-state index contributed by atoms with van der Waals surface area (Å²) in [5.41, 5.74) is -0.0275. The first-order valence-corrected chi connectivity index (χ1v) is 11.9. The van der Waals surface area contributed by atoms with E-state index in [4.69, 9.17) is 18.9 Å². The highest BCUT2D eigenvalue weighted by Crippen LogP contribution is 2.41. The Morgan fingerprint density at radius 2 is 1.78 bits per heavy atom. The van der Waals surface area contributed by atoms with Gasteiger partial charge in [-0.25, -0.2) is 0 Å². The van der Waals surface area contributed by atoms with E-state index in [1.54, 1.807) is 24.3 Å². The molecule has 8 atom stereocenters. The summed E-state index contributed by atoms with van der Waals surface area (Å²) in [6.45, 7) is 3.40. The van der Waals surface area contributed by atoms with E-state index in [0.29, 0.717) is 10.3 Å². The number of aliphatic hydroxyl groups excluding tert-OH is 3. The number of benzene rings is 1. The van der Waals surface area contributed by atoms with E-state index in [2.05, 4.69) is 0 Å². The molecule has 0 amide bonds. The second-order valence-electron chi connectivity index (χ2n) is 9.43. The zero-order valence-corrected chi connectivity index (χ0v) is 20.4. The molecule has 3 heterocycles. The van der Waals surface area contributed by atoms with Crippen molar-refractivity contribution in [1.82, 2.24) is 4.73 Å². The Labute approximate surface area is 208 Å². The Morgan fingerprint density at radius 3 is 2.42 bits per heavy atom. The molecule has 2 aliphatic rings. The van der Waals surface area contributed by atoms with E-state index in [1.807, 2.05) is 13.8 Å². The van der Waals surface area contributed by atoms with Gasteiger partial charge in [0, 0.05) is 12.7 Å². The number of aromatic nitrogens is 1. The van der Waals surface area contributed by atoms with Crippen molar-refractivity contribution < 1.29 is 44.6 Å². The molecule has 0 radical (unpaired) electrons. The molecule has 0 unspecified atom stereocenters. The summed E-state index contributed by atoms with van der Waals surface area (Å²) < 4.78 is 22.8. The molecule has 2 fully saturated rings. The largest absolute Gasteiger partial charge is 0.507 e. The van der Waals surface area contributed by atoms with Gasteiger partial charge in [-0.05, 0) is 43.4 Å². The first-order valence-electron chi connectivity index (χ1n) is 11.9. The lowest BCUT2D eigenvalue weighted by atomic mass is 9.88. The summed E-state index contributed by atoms with van der Waals surface area (Å²) in [5.74, 6) is -0.0170. The van der Waals surface area contributed by atoms with Gasteiger partial charge in [0.15, 0.2) is 0 Å². The SMILES string of the molecule is CO[C@H]1[C@H](O)[C@@H](O)[C@H](Oc2ccc(-c3cn(O)c(=O)c([C@H]4O[C@@H](C)CC[C@@H]4C)c3O)cc2)O[C@@H]1CO. The summed E-state index contributed by atoms with van der Waals surface area (Å²) in [6, 6.07) is 6.28. The van der Waals surface area contributed by atoms with Crippen LogP contribution in [0.5, 0.6) is 11.5 Å². The molecular weight excluding hydrogens is 474 g/mol. The molecule has 1 aromatic heterocycles. The second kappa shape index (κ2) is 10.8. The van der Waals surface area contributed by atoms with Crippen LogP contribution < -0.4 is 10.3 Å². The van der Waals surface area contributed by atoms with E-state index < -0.39 is 49.0 Å². The van der Waals surface area contributed by atoms with Crippen molar-refractivity contribution in [2.75, 3.05) is 13.7 Å². The fourth-order valence-corrected chi connectivity index (χ4v) is 4.82. The highest BCUT2D eigenvalue weighted by Gasteiger charge is 2.45. The first kappa shape index (κ1) is 26.4. The fourth-order valence-electron chi connectivity index (χ4n) is 4.82. The van der Waals surface area contributed by atoms with Gasteiger partial charge in [0.1, 0.15) is 35.9 Å². The quantitative estimate of drug-likeness (QED) is 0.359. The Kier molecular flexibility index (Phi) is 7.88. The van der Waals surface area contributed by atoms with Crippen molar-refractivity contribution in [3.63, 3.8) is 0 Å². The molecule has 2 aliphatic heterocycles. The monoisotopic (exact) mass is 507 g/mol. The molecule has 0 saturated carbocycles. The van der Waals surface area contributed by atoms with Crippen LogP contribution in [0.1, 0.15) is 38.4 Å². The van der Waals surface area contributed by atoms with Gasteiger partial charge in [-0.2, -0.15) is 4.73 Å². The smallest absolute Gasteiger partial charge is 0.292 e. The van der Waals surface area contributed by atoms with Gasteiger partial charge >= 0.3 is 0 Å². The summed E-state index contributed by atoms with van der Waals surface area (Å²) in [7, 11) is 1.34. The number of hydrogen-bond acceptors (Lipinski definition) is 10. The van der Waals surface area contributed by atoms with Crippen molar-refractivity contribution in [3.05, 3.63) is 46.4 Å². The van der Waals surface area contributed by atoms with E-state index in [9.17, 15) is 30.4 Å². The minimum absolute atomic E-state index is 0.00448. The predicted molar refractivity (Wildman–Crippen MR) is 126 cm³/mol. The van der Waals surface area contributed by atoms with Crippen LogP contribution in [0.2, 0.25) is 0 Å². The van der Waals surface area contributed by atoms with Gasteiger partial charge in [0.2, 0.25) is 6.29 Å². The van der Waals surface area contributed by atoms with Crippen LogP contribution in [0.25, 0.3) is 11.1 Å². The van der Waals surface area contributed by atoms with Crippen molar-refractivity contribution in [1.29, 1.82) is 0 Å². The predicted octanol–water partition coefficient (Wildman–Crippen LogP) is 1.17. The number of methoxy groups -OCH3 is 1. The molecular formula is C25H33NO10. The normalized spacial score (nSPS) is 32.8. The maximum Gasteiger partial charge on any atom is 0.292 e. The molecule has 0 spiro atoms. The number of aromatic hydroxyl groups is 1. The third-order valence-electron chi connectivity index (χ3n) is 6.92. The van der Waals surface area contributed by atoms with Crippen LogP contribution >= 0.6 is 0 Å². The average molecular weight is 508 g/mol. The van der Waals surface area contributed by atoms with E-state index in [1.165, 1.54) is 7.11 Å². The molecule has 0 bridgehead atoms. The average Bonchev–Trinajstić information content (AvgIpc) is 2.87. The number of rotatable bonds is 6. The topological polar surface area (TPSA) is 160 Å². The van der Waals surface area contributed by atoms with Crippen LogP contribution in [0, 0.1) is 5.92 Å². The van der Waals surface area contributed by atoms with Crippen molar-refractivity contribution in [3.8, 4) is 22.6 Å². The molecule has 0 aliphatic carbocycles. The van der Waals surface area contributed by atoms with Crippen LogP contribution in [0.4, 0.5) is 0 Å². The van der Waals surface area contributed by atoms with Crippen LogP contribution in [-0.2, 0) is 14.2 Å². The maximum atomic E-state index is 12.7. The van der Waals surface area contributed by atoms with Gasteiger partial charge in [-0.3, -0.25) is 4.79 Å². The second-order valence-corrected chi connectivity index (χ2v) is 9.43. The molecule has 198 valence electrons. The first-order chi connectivity index (χ1) is 17.2. The summed E-state index contributed by atoms with van der Waals surface area (Å²) in [6.07, 6.45) is -3.79. The molecule has 36 heavy (non-hydrogen) atoms. The maximum absolute atomic E-state index is 12.7. The third-order valence-corrected chi connectivity index (χ3v) is 6.92. The molecule has 11 nitrogen and oxygen atoms in total. The number of aliphatic hydroxyl groups is 3. The Balaban J connectivity index is 1.59. The number of ether oxygens (including phenoxy) is 4. The summed E-state index contributed by atoms with van der Waals surface area (Å²) >= 11 is 0. The highest BCUT2D eigenvalue weighted by molar-refractivity contribution is 5.71. The lowest BCUT2D eigenvalue weighted by Gasteiger charge is -2.41. The van der Waals surface area contributed by atoms with Gasteiger partial charge in [-0.15, -0.1) is 0 Å². The molecule has 2 aromatic rings. The number of pyridine rings is 1. The Morgan fingerprint density at radius 1 is 1.08 bits per heavy atom. The van der Waals surface area contributed by atoms with Crippen LogP contribution in [0.3, 0.4) is 0 Å². The summed E-state index contributed by atoms with van der Waals surface area (Å²) in [5, 5.41) is 51.5. The standard InChI is InChI=1S/C25H33NO10/c1-12-4-5-13(2)34-22(12)18-19(28)16(10-26(32)24(18)31)14-6-8-15(9-7-14)35-25-21(30)20(29)23(33-3)17(11-27)36-25/h6-10,12-13,17,20-23,25,27-30,32H,4-5,11H2,1-3H3/t12-,13-,17+,20+,21+,22-,23+,25+/m0/s1. The van der Waals surface area contributed by atoms with Crippen molar-refractivity contribution in [2.45, 2.75) is 69.6 Å². The zero-order chi connectivity index (χ0) is 26.1. The van der Waals surface area contributed by atoms with E-state index in [-0.39, 0.29) is 34.6 Å². The Hall–Kier alpha value is -2.67. The molecule has 5 N–H and O–H groups in total. The minimum atomic E-state index is -1.43. The van der Waals surface area contributed by atoms with Crippen LogP contribution in [-0.4, -0.2) is 80.9 Å². The Bertz CT molecular complexity index is 1100. The van der Waals surface area contributed by atoms with Gasteiger partial charge in [0.25, 0.3) is 5.56 Å². The molecule has 2 saturated heterocycles.